The lowest BCUT2D eigenvalue weighted by atomic mass is 9.79. The Morgan fingerprint density at radius 3 is 2.61 bits per heavy atom. The zero-order chi connectivity index (χ0) is 21.4. The highest BCUT2D eigenvalue weighted by Crippen LogP contribution is 2.34. The smallest absolute Gasteiger partial charge is 0.254 e. The summed E-state index contributed by atoms with van der Waals surface area (Å²) in [6.07, 6.45) is 3.97. The third kappa shape index (κ3) is 3.79. The number of para-hydroxylation sites is 1. The fraction of sp³-hybridized carbons (Fsp3) is 0.391. The minimum Gasteiger partial charge on any atom is -0.381 e. The Morgan fingerprint density at radius 1 is 1.06 bits per heavy atom. The molecule has 0 saturated carbocycles. The normalized spacial score (nSPS) is 16.0. The standard InChI is InChI=1S/C23H27N7O/c1-16-13-20(23(3)9-11-31-12-10-23)30-22(25-16)26-21(28-30)24-14-18-15-29(27-17(18)2)19-7-5-4-6-8-19/h4-8,13,15H,9-12,14H2,1-3H3,(H,24,28). The van der Waals surface area contributed by atoms with E-state index in [0.717, 1.165) is 54.4 Å². The quantitative estimate of drug-likeness (QED) is 0.534. The van der Waals surface area contributed by atoms with E-state index in [-0.39, 0.29) is 5.41 Å². The number of rotatable bonds is 5. The van der Waals surface area contributed by atoms with Gasteiger partial charge >= 0.3 is 0 Å². The van der Waals surface area contributed by atoms with Crippen LogP contribution < -0.4 is 5.32 Å². The highest BCUT2D eigenvalue weighted by Gasteiger charge is 2.33. The number of ether oxygens (including phenoxy) is 1. The molecule has 4 heterocycles. The zero-order valence-electron chi connectivity index (χ0n) is 18.2. The van der Waals surface area contributed by atoms with Crippen molar-refractivity contribution in [1.82, 2.24) is 29.4 Å². The second-order valence-electron chi connectivity index (χ2n) is 8.48. The van der Waals surface area contributed by atoms with Crippen LogP contribution in [-0.2, 0) is 16.7 Å². The van der Waals surface area contributed by atoms with Crippen molar-refractivity contribution in [3.8, 4) is 5.69 Å². The van der Waals surface area contributed by atoms with E-state index in [2.05, 4.69) is 33.4 Å². The molecule has 0 unspecified atom stereocenters. The molecule has 0 spiro atoms. The van der Waals surface area contributed by atoms with Crippen LogP contribution in [0.3, 0.4) is 0 Å². The van der Waals surface area contributed by atoms with Crippen LogP contribution in [0.1, 0.15) is 42.4 Å². The van der Waals surface area contributed by atoms with Crippen LogP contribution in [0.2, 0.25) is 0 Å². The van der Waals surface area contributed by atoms with Gasteiger partial charge in [-0.15, -0.1) is 5.10 Å². The molecule has 0 atom stereocenters. The number of fused-ring (bicyclic) bond motifs is 1. The highest BCUT2D eigenvalue weighted by molar-refractivity contribution is 5.42. The lowest BCUT2D eigenvalue weighted by Gasteiger charge is -2.33. The van der Waals surface area contributed by atoms with Gasteiger partial charge in [0.2, 0.25) is 5.95 Å². The van der Waals surface area contributed by atoms with Gasteiger partial charge in [-0.2, -0.15) is 14.6 Å². The lowest BCUT2D eigenvalue weighted by Crippen LogP contribution is -2.33. The number of hydrogen-bond donors (Lipinski definition) is 1. The van der Waals surface area contributed by atoms with Crippen LogP contribution in [0.15, 0.2) is 42.6 Å². The fourth-order valence-electron chi connectivity index (χ4n) is 4.13. The fourth-order valence-corrected chi connectivity index (χ4v) is 4.13. The van der Waals surface area contributed by atoms with Gasteiger partial charge in [0.1, 0.15) is 0 Å². The molecule has 1 fully saturated rings. The molecule has 8 nitrogen and oxygen atoms in total. The molecule has 1 aliphatic rings. The van der Waals surface area contributed by atoms with E-state index >= 15 is 0 Å². The summed E-state index contributed by atoms with van der Waals surface area (Å²) in [5.74, 6) is 1.20. The Kier molecular flexibility index (Phi) is 4.94. The number of anilines is 1. The van der Waals surface area contributed by atoms with Crippen molar-refractivity contribution in [2.75, 3.05) is 18.5 Å². The maximum atomic E-state index is 5.59. The third-order valence-electron chi connectivity index (χ3n) is 6.11. The SMILES string of the molecule is Cc1cc(C2(C)CCOCC2)n2nc(NCc3cn(-c4ccccc4)nc3C)nc2n1. The summed E-state index contributed by atoms with van der Waals surface area (Å²) in [4.78, 5) is 9.24. The average Bonchev–Trinajstić information content (AvgIpc) is 3.35. The van der Waals surface area contributed by atoms with Gasteiger partial charge in [-0.3, -0.25) is 0 Å². The summed E-state index contributed by atoms with van der Waals surface area (Å²) in [6, 6.07) is 12.2. The number of nitrogens with zero attached hydrogens (tertiary/aromatic N) is 6. The molecule has 1 N–H and O–H groups in total. The molecule has 3 aromatic heterocycles. The topological polar surface area (TPSA) is 82.2 Å². The van der Waals surface area contributed by atoms with Crippen molar-refractivity contribution in [2.45, 2.75) is 45.6 Å². The first-order valence-electron chi connectivity index (χ1n) is 10.7. The molecular weight excluding hydrogens is 390 g/mol. The van der Waals surface area contributed by atoms with Gasteiger partial charge in [0, 0.05) is 42.6 Å². The molecule has 31 heavy (non-hydrogen) atoms. The second-order valence-corrected chi connectivity index (χ2v) is 8.48. The predicted octanol–water partition coefficient (Wildman–Crippen LogP) is 3.61. The molecule has 0 radical (unpaired) electrons. The molecule has 8 heteroatoms. The Balaban J connectivity index is 1.41. The molecule has 160 valence electrons. The van der Waals surface area contributed by atoms with Crippen LogP contribution in [0.5, 0.6) is 0 Å². The van der Waals surface area contributed by atoms with Crippen LogP contribution >= 0.6 is 0 Å². The highest BCUT2D eigenvalue weighted by atomic mass is 16.5. The second kappa shape index (κ2) is 7.77. The van der Waals surface area contributed by atoms with Gasteiger partial charge in [-0.25, -0.2) is 9.67 Å². The van der Waals surface area contributed by atoms with E-state index in [1.165, 1.54) is 0 Å². The van der Waals surface area contributed by atoms with Gasteiger partial charge in [-0.1, -0.05) is 25.1 Å². The molecule has 5 rings (SSSR count). The lowest BCUT2D eigenvalue weighted by molar-refractivity contribution is 0.0543. The van der Waals surface area contributed by atoms with E-state index in [1.54, 1.807) is 0 Å². The van der Waals surface area contributed by atoms with Crippen LogP contribution in [0.4, 0.5) is 5.95 Å². The summed E-state index contributed by atoms with van der Waals surface area (Å²) < 4.78 is 9.38. The Hall–Kier alpha value is -3.26. The van der Waals surface area contributed by atoms with Crippen molar-refractivity contribution < 1.29 is 4.74 Å². The van der Waals surface area contributed by atoms with Crippen molar-refractivity contribution >= 4 is 11.7 Å². The summed E-state index contributed by atoms with van der Waals surface area (Å²) >= 11 is 0. The van der Waals surface area contributed by atoms with Gasteiger partial charge in [0.05, 0.1) is 17.1 Å². The minimum absolute atomic E-state index is 0.00256. The van der Waals surface area contributed by atoms with E-state index in [0.29, 0.717) is 18.3 Å². The third-order valence-corrected chi connectivity index (χ3v) is 6.11. The first kappa shape index (κ1) is 19.7. The molecule has 4 aromatic rings. The summed E-state index contributed by atoms with van der Waals surface area (Å²) in [5.41, 5.74) is 5.22. The molecular formula is C23H27N7O. The number of aryl methyl sites for hydroxylation is 2. The Morgan fingerprint density at radius 2 is 1.84 bits per heavy atom. The van der Waals surface area contributed by atoms with Crippen molar-refractivity contribution in [3.63, 3.8) is 0 Å². The largest absolute Gasteiger partial charge is 0.381 e. The van der Waals surface area contributed by atoms with Gasteiger partial charge in [0.15, 0.2) is 0 Å². The van der Waals surface area contributed by atoms with E-state index < -0.39 is 0 Å². The Bertz CT molecular complexity index is 1210. The first-order valence-corrected chi connectivity index (χ1v) is 10.7. The van der Waals surface area contributed by atoms with Crippen LogP contribution in [0.25, 0.3) is 11.5 Å². The van der Waals surface area contributed by atoms with Crippen molar-refractivity contribution in [2.24, 2.45) is 0 Å². The molecule has 0 amide bonds. The van der Waals surface area contributed by atoms with Crippen molar-refractivity contribution in [1.29, 1.82) is 0 Å². The predicted molar refractivity (Wildman–Crippen MR) is 119 cm³/mol. The number of benzene rings is 1. The van der Waals surface area contributed by atoms with E-state index in [4.69, 9.17) is 9.84 Å². The minimum atomic E-state index is 0.00256. The van der Waals surface area contributed by atoms with Crippen LogP contribution in [0, 0.1) is 13.8 Å². The van der Waals surface area contributed by atoms with Gasteiger partial charge < -0.3 is 10.1 Å². The molecule has 0 bridgehead atoms. The number of aromatic nitrogens is 6. The molecule has 1 aromatic carbocycles. The maximum absolute atomic E-state index is 5.59. The molecule has 0 aliphatic carbocycles. The number of nitrogens with one attached hydrogen (secondary N) is 1. The zero-order valence-corrected chi connectivity index (χ0v) is 18.2. The first-order chi connectivity index (χ1) is 15.0. The summed E-state index contributed by atoms with van der Waals surface area (Å²) in [5, 5.41) is 12.7. The monoisotopic (exact) mass is 417 g/mol. The summed E-state index contributed by atoms with van der Waals surface area (Å²) in [7, 11) is 0. The number of hydrogen-bond acceptors (Lipinski definition) is 6. The Labute approximate surface area is 181 Å². The maximum Gasteiger partial charge on any atom is 0.254 e. The molecule has 1 aliphatic heterocycles. The van der Waals surface area contributed by atoms with E-state index in [1.807, 2.05) is 59.6 Å². The van der Waals surface area contributed by atoms with Gasteiger partial charge in [0.25, 0.3) is 5.78 Å². The van der Waals surface area contributed by atoms with Crippen molar-refractivity contribution in [3.05, 3.63) is 65.2 Å². The van der Waals surface area contributed by atoms with Gasteiger partial charge in [-0.05, 0) is 44.9 Å². The molecule has 1 saturated heterocycles. The average molecular weight is 418 g/mol. The van der Waals surface area contributed by atoms with Crippen LogP contribution in [-0.4, -0.2) is 42.6 Å². The summed E-state index contributed by atoms with van der Waals surface area (Å²) in [6.45, 7) is 8.43. The van der Waals surface area contributed by atoms with E-state index in [9.17, 15) is 0 Å².